The van der Waals surface area contributed by atoms with Gasteiger partial charge in [0.25, 0.3) is 0 Å². The van der Waals surface area contributed by atoms with E-state index in [0.717, 1.165) is 0 Å². The molecular weight excluding hydrogens is 275 g/mol. The Labute approximate surface area is 114 Å². The number of amides is 1. The minimum atomic E-state index is -0.215. The molecule has 0 radical (unpaired) electrons. The minimum absolute atomic E-state index is 0.135. The highest BCUT2D eigenvalue weighted by Gasteiger charge is 2.10. The van der Waals surface area contributed by atoms with Gasteiger partial charge in [-0.1, -0.05) is 28.4 Å². The summed E-state index contributed by atoms with van der Waals surface area (Å²) < 4.78 is 4.88. The van der Waals surface area contributed by atoms with E-state index in [2.05, 4.69) is 10.5 Å². The van der Waals surface area contributed by atoms with Gasteiger partial charge in [0.1, 0.15) is 5.76 Å². The Kier molecular flexibility index (Phi) is 3.89. The van der Waals surface area contributed by atoms with Crippen LogP contribution in [0.2, 0.25) is 10.0 Å². The third-order valence-electron chi connectivity index (χ3n) is 2.22. The second-order valence-corrected chi connectivity index (χ2v) is 4.62. The summed E-state index contributed by atoms with van der Waals surface area (Å²) in [6, 6.07) is 6.59. The van der Waals surface area contributed by atoms with Crippen molar-refractivity contribution in [1.29, 1.82) is 0 Å². The van der Waals surface area contributed by atoms with Gasteiger partial charge in [0, 0.05) is 11.1 Å². The SMILES string of the molecule is Cc1cc(CC(=O)Nc2ccc(Cl)cc2Cl)no1. The quantitative estimate of drug-likeness (QED) is 0.939. The van der Waals surface area contributed by atoms with Crippen molar-refractivity contribution in [3.63, 3.8) is 0 Å². The van der Waals surface area contributed by atoms with Crippen molar-refractivity contribution < 1.29 is 9.32 Å². The Morgan fingerprint density at radius 1 is 1.39 bits per heavy atom. The van der Waals surface area contributed by atoms with Gasteiger partial charge in [0.2, 0.25) is 5.91 Å². The van der Waals surface area contributed by atoms with Gasteiger partial charge in [0.05, 0.1) is 22.8 Å². The molecule has 0 unspecified atom stereocenters. The van der Waals surface area contributed by atoms with Gasteiger partial charge in [-0.05, 0) is 25.1 Å². The summed E-state index contributed by atoms with van der Waals surface area (Å²) in [5.41, 5.74) is 1.10. The normalized spacial score (nSPS) is 10.4. The van der Waals surface area contributed by atoms with Crippen LogP contribution in [0.25, 0.3) is 0 Å². The fourth-order valence-corrected chi connectivity index (χ4v) is 1.91. The summed E-state index contributed by atoms with van der Waals surface area (Å²) in [6.45, 7) is 1.77. The van der Waals surface area contributed by atoms with Gasteiger partial charge >= 0.3 is 0 Å². The topological polar surface area (TPSA) is 55.1 Å². The molecule has 0 saturated heterocycles. The van der Waals surface area contributed by atoms with Crippen molar-refractivity contribution in [3.05, 3.63) is 45.8 Å². The molecule has 0 aliphatic heterocycles. The molecule has 0 bridgehead atoms. The van der Waals surface area contributed by atoms with E-state index in [0.29, 0.717) is 27.2 Å². The number of benzene rings is 1. The second-order valence-electron chi connectivity index (χ2n) is 3.78. The highest BCUT2D eigenvalue weighted by Crippen LogP contribution is 2.25. The Balaban J connectivity index is 2.03. The number of halogens is 2. The molecule has 18 heavy (non-hydrogen) atoms. The van der Waals surface area contributed by atoms with Crippen molar-refractivity contribution in [2.45, 2.75) is 13.3 Å². The van der Waals surface area contributed by atoms with Crippen molar-refractivity contribution in [2.24, 2.45) is 0 Å². The minimum Gasteiger partial charge on any atom is -0.361 e. The van der Waals surface area contributed by atoms with Crippen LogP contribution in [0, 0.1) is 6.92 Å². The lowest BCUT2D eigenvalue weighted by Crippen LogP contribution is -2.14. The van der Waals surface area contributed by atoms with Gasteiger partial charge < -0.3 is 9.84 Å². The molecule has 1 aromatic carbocycles. The number of hydrogen-bond acceptors (Lipinski definition) is 3. The van der Waals surface area contributed by atoms with Crippen molar-refractivity contribution >= 4 is 34.8 Å². The number of hydrogen-bond donors (Lipinski definition) is 1. The van der Waals surface area contributed by atoms with E-state index >= 15 is 0 Å². The zero-order valence-electron chi connectivity index (χ0n) is 9.54. The highest BCUT2D eigenvalue weighted by atomic mass is 35.5. The third-order valence-corrected chi connectivity index (χ3v) is 2.77. The monoisotopic (exact) mass is 284 g/mol. The molecule has 0 saturated carbocycles. The Bertz CT molecular complexity index is 581. The van der Waals surface area contributed by atoms with Gasteiger partial charge in [-0.2, -0.15) is 0 Å². The molecular formula is C12H10Cl2N2O2. The van der Waals surface area contributed by atoms with Gasteiger partial charge in [-0.3, -0.25) is 4.79 Å². The number of carbonyl (C=O) groups excluding carboxylic acids is 1. The summed E-state index contributed by atoms with van der Waals surface area (Å²) in [4.78, 5) is 11.7. The van der Waals surface area contributed by atoms with Crippen LogP contribution in [0.1, 0.15) is 11.5 Å². The fraction of sp³-hybridized carbons (Fsp3) is 0.167. The number of nitrogens with zero attached hydrogens (tertiary/aromatic N) is 1. The molecule has 0 spiro atoms. The molecule has 4 nitrogen and oxygen atoms in total. The first-order chi connectivity index (χ1) is 8.54. The summed E-state index contributed by atoms with van der Waals surface area (Å²) in [5, 5.41) is 7.34. The standard InChI is InChI=1S/C12H10Cl2N2O2/c1-7-4-9(16-18-7)6-12(17)15-11-3-2-8(13)5-10(11)14/h2-5H,6H2,1H3,(H,15,17). The van der Waals surface area contributed by atoms with Crippen LogP contribution in [-0.2, 0) is 11.2 Å². The highest BCUT2D eigenvalue weighted by molar-refractivity contribution is 6.36. The molecule has 0 aliphatic rings. The molecule has 0 aliphatic carbocycles. The second kappa shape index (κ2) is 5.42. The van der Waals surface area contributed by atoms with Crippen LogP contribution in [0.3, 0.4) is 0 Å². The van der Waals surface area contributed by atoms with E-state index in [-0.39, 0.29) is 12.3 Å². The predicted molar refractivity (Wildman–Crippen MR) is 70.0 cm³/mol. The predicted octanol–water partition coefficient (Wildman–Crippen LogP) is 3.47. The number of aromatic nitrogens is 1. The number of nitrogens with one attached hydrogen (secondary N) is 1. The van der Waals surface area contributed by atoms with Gasteiger partial charge in [0.15, 0.2) is 0 Å². The van der Waals surface area contributed by atoms with E-state index in [9.17, 15) is 4.79 Å². The molecule has 2 rings (SSSR count). The number of carbonyl (C=O) groups is 1. The first kappa shape index (κ1) is 12.9. The maximum Gasteiger partial charge on any atom is 0.230 e. The first-order valence-corrected chi connectivity index (χ1v) is 5.97. The van der Waals surface area contributed by atoms with Gasteiger partial charge in [-0.25, -0.2) is 0 Å². The van der Waals surface area contributed by atoms with E-state index < -0.39 is 0 Å². The Hall–Kier alpha value is -1.52. The summed E-state index contributed by atoms with van der Waals surface area (Å²) in [6.07, 6.45) is 0.135. The lowest BCUT2D eigenvalue weighted by Gasteiger charge is -2.06. The maximum atomic E-state index is 11.7. The molecule has 2 aromatic rings. The van der Waals surface area contributed by atoms with E-state index in [4.69, 9.17) is 27.7 Å². The first-order valence-electron chi connectivity index (χ1n) is 5.21. The van der Waals surface area contributed by atoms with Gasteiger partial charge in [-0.15, -0.1) is 0 Å². The number of rotatable bonds is 3. The molecule has 1 aromatic heterocycles. The van der Waals surface area contributed by atoms with Crippen molar-refractivity contribution in [3.8, 4) is 0 Å². The summed E-state index contributed by atoms with van der Waals surface area (Å²) in [5.74, 6) is 0.454. The third kappa shape index (κ3) is 3.24. The van der Waals surface area contributed by atoms with Crippen LogP contribution in [-0.4, -0.2) is 11.1 Å². The Morgan fingerprint density at radius 2 is 2.17 bits per heavy atom. The van der Waals surface area contributed by atoms with Crippen LogP contribution >= 0.6 is 23.2 Å². The number of anilines is 1. The van der Waals surface area contributed by atoms with E-state index in [1.165, 1.54) is 0 Å². The lowest BCUT2D eigenvalue weighted by molar-refractivity contribution is -0.115. The molecule has 0 atom stereocenters. The van der Waals surface area contributed by atoms with E-state index in [1.54, 1.807) is 31.2 Å². The lowest BCUT2D eigenvalue weighted by atomic mass is 10.2. The van der Waals surface area contributed by atoms with Crippen LogP contribution in [0.15, 0.2) is 28.8 Å². The maximum absolute atomic E-state index is 11.7. The van der Waals surface area contributed by atoms with Crippen LogP contribution in [0.4, 0.5) is 5.69 Å². The largest absolute Gasteiger partial charge is 0.361 e. The van der Waals surface area contributed by atoms with Crippen molar-refractivity contribution in [2.75, 3.05) is 5.32 Å². The molecule has 94 valence electrons. The van der Waals surface area contributed by atoms with Crippen LogP contribution in [0.5, 0.6) is 0 Å². The molecule has 6 heteroatoms. The molecule has 1 heterocycles. The molecule has 0 fully saturated rings. The zero-order valence-corrected chi connectivity index (χ0v) is 11.0. The Morgan fingerprint density at radius 3 is 2.78 bits per heavy atom. The summed E-state index contributed by atoms with van der Waals surface area (Å²) >= 11 is 11.7. The zero-order chi connectivity index (χ0) is 13.1. The fourth-order valence-electron chi connectivity index (χ4n) is 1.45. The molecule has 1 N–H and O–H groups in total. The smallest absolute Gasteiger partial charge is 0.230 e. The van der Waals surface area contributed by atoms with Crippen molar-refractivity contribution in [1.82, 2.24) is 5.16 Å². The molecule has 1 amide bonds. The summed E-state index contributed by atoms with van der Waals surface area (Å²) in [7, 11) is 0. The average Bonchev–Trinajstić information content (AvgIpc) is 2.68. The van der Waals surface area contributed by atoms with Crippen LogP contribution < -0.4 is 5.32 Å². The van der Waals surface area contributed by atoms with E-state index in [1.807, 2.05) is 0 Å². The number of aryl methyl sites for hydroxylation is 1. The average molecular weight is 285 g/mol.